The number of benzene rings is 2. The number of halogens is 1. The first-order valence-corrected chi connectivity index (χ1v) is 6.86. The fraction of sp³-hybridized carbons (Fsp3) is 0.125. The summed E-state index contributed by atoms with van der Waals surface area (Å²) in [5, 5.41) is 9.40. The molecule has 0 fully saturated rings. The van der Waals surface area contributed by atoms with Crippen LogP contribution in [-0.2, 0) is 13.5 Å². The molecule has 0 atom stereocenters. The van der Waals surface area contributed by atoms with Gasteiger partial charge in [-0.3, -0.25) is 0 Å². The van der Waals surface area contributed by atoms with Gasteiger partial charge in [-0.2, -0.15) is 0 Å². The highest BCUT2D eigenvalue weighted by molar-refractivity contribution is 6.31. The molecule has 21 heavy (non-hydrogen) atoms. The Bertz CT molecular complexity index is 839. The number of carboxylic acids is 1. The summed E-state index contributed by atoms with van der Waals surface area (Å²) in [7, 11) is 1.96. The Kier molecular flexibility index (Phi) is 3.39. The summed E-state index contributed by atoms with van der Waals surface area (Å²) in [5.74, 6) is -0.0904. The summed E-state index contributed by atoms with van der Waals surface area (Å²) in [6, 6.07) is 12.7. The van der Waals surface area contributed by atoms with Crippen LogP contribution < -0.4 is 0 Å². The van der Waals surface area contributed by atoms with Crippen molar-refractivity contribution in [2.24, 2.45) is 7.05 Å². The first-order valence-electron chi connectivity index (χ1n) is 6.48. The van der Waals surface area contributed by atoms with Gasteiger partial charge in [-0.25, -0.2) is 9.78 Å². The molecule has 0 bridgehead atoms. The van der Waals surface area contributed by atoms with Crippen molar-refractivity contribution in [2.75, 3.05) is 0 Å². The van der Waals surface area contributed by atoms with Crippen molar-refractivity contribution in [2.45, 2.75) is 6.42 Å². The van der Waals surface area contributed by atoms with Gasteiger partial charge in [0, 0.05) is 18.5 Å². The van der Waals surface area contributed by atoms with Gasteiger partial charge < -0.3 is 9.67 Å². The van der Waals surface area contributed by atoms with Crippen molar-refractivity contribution in [1.82, 2.24) is 9.55 Å². The second-order valence-corrected chi connectivity index (χ2v) is 5.27. The molecule has 0 amide bonds. The van der Waals surface area contributed by atoms with Gasteiger partial charge in [0.15, 0.2) is 0 Å². The molecule has 1 aromatic heterocycles. The second-order valence-electron chi connectivity index (χ2n) is 4.86. The van der Waals surface area contributed by atoms with E-state index in [9.17, 15) is 4.79 Å². The van der Waals surface area contributed by atoms with E-state index in [0.717, 1.165) is 22.4 Å². The Balaban J connectivity index is 1.99. The number of hydrogen-bond acceptors (Lipinski definition) is 2. The molecule has 0 aliphatic rings. The van der Waals surface area contributed by atoms with E-state index in [1.54, 1.807) is 12.1 Å². The molecule has 2 aromatic carbocycles. The summed E-state index contributed by atoms with van der Waals surface area (Å²) in [5.41, 5.74) is 3.05. The number of aryl methyl sites for hydroxylation is 1. The predicted molar refractivity (Wildman–Crippen MR) is 81.9 cm³/mol. The molecular weight excluding hydrogens is 288 g/mol. The molecular formula is C16H13ClN2O2. The maximum atomic E-state index is 10.9. The normalized spacial score (nSPS) is 11.0. The Labute approximate surface area is 126 Å². The predicted octanol–water partition coefficient (Wildman–Crippen LogP) is 3.52. The second kappa shape index (κ2) is 5.22. The fourth-order valence-corrected chi connectivity index (χ4v) is 2.59. The van der Waals surface area contributed by atoms with Gasteiger partial charge >= 0.3 is 5.97 Å². The molecule has 0 saturated heterocycles. The number of fused-ring (bicyclic) bond motifs is 1. The molecule has 0 saturated carbocycles. The van der Waals surface area contributed by atoms with Gasteiger partial charge in [0.05, 0.1) is 16.6 Å². The number of aromatic carboxylic acids is 1. The first-order chi connectivity index (χ1) is 10.1. The van der Waals surface area contributed by atoms with Crippen molar-refractivity contribution in [3.05, 3.63) is 64.4 Å². The highest BCUT2D eigenvalue weighted by Crippen LogP contribution is 2.23. The zero-order valence-electron chi connectivity index (χ0n) is 11.4. The summed E-state index contributed by atoms with van der Waals surface area (Å²) >= 11 is 6.17. The van der Waals surface area contributed by atoms with Gasteiger partial charge in [-0.15, -0.1) is 0 Å². The highest BCUT2D eigenvalue weighted by atomic mass is 35.5. The monoisotopic (exact) mass is 300 g/mol. The Morgan fingerprint density at radius 1 is 1.29 bits per heavy atom. The number of para-hydroxylation sites is 2. The third-order valence-electron chi connectivity index (χ3n) is 3.53. The van der Waals surface area contributed by atoms with Crippen LogP contribution in [-0.4, -0.2) is 20.6 Å². The molecule has 0 radical (unpaired) electrons. The van der Waals surface area contributed by atoms with Crippen molar-refractivity contribution in [3.8, 4) is 0 Å². The number of hydrogen-bond donors (Lipinski definition) is 1. The quantitative estimate of drug-likeness (QED) is 0.805. The average Bonchev–Trinajstić information content (AvgIpc) is 2.78. The average molecular weight is 301 g/mol. The van der Waals surface area contributed by atoms with Gasteiger partial charge in [0.25, 0.3) is 0 Å². The van der Waals surface area contributed by atoms with E-state index < -0.39 is 5.97 Å². The lowest BCUT2D eigenvalue weighted by Crippen LogP contribution is -2.01. The lowest BCUT2D eigenvalue weighted by Gasteiger charge is -2.06. The van der Waals surface area contributed by atoms with E-state index in [1.165, 1.54) is 6.07 Å². The Morgan fingerprint density at radius 2 is 2.05 bits per heavy atom. The number of imidazole rings is 1. The zero-order chi connectivity index (χ0) is 15.0. The van der Waals surface area contributed by atoms with E-state index in [2.05, 4.69) is 4.98 Å². The van der Waals surface area contributed by atoms with Crippen LogP contribution >= 0.6 is 11.6 Å². The van der Waals surface area contributed by atoms with Crippen LogP contribution in [0.25, 0.3) is 11.0 Å². The summed E-state index contributed by atoms with van der Waals surface area (Å²) in [4.78, 5) is 15.5. The molecule has 1 N–H and O–H groups in total. The third kappa shape index (κ3) is 2.50. The lowest BCUT2D eigenvalue weighted by molar-refractivity contribution is 0.0697. The summed E-state index contributed by atoms with van der Waals surface area (Å²) in [6.07, 6.45) is 0.559. The van der Waals surface area contributed by atoms with Crippen molar-refractivity contribution < 1.29 is 9.90 Å². The standard InChI is InChI=1S/C16H13ClN2O2/c1-19-14-5-3-2-4-13(14)18-15(19)9-10-6-7-11(16(20)21)8-12(10)17/h2-8H,9H2,1H3,(H,20,21). The number of rotatable bonds is 3. The van der Waals surface area contributed by atoms with Crippen LogP contribution in [0.3, 0.4) is 0 Å². The molecule has 0 aliphatic carbocycles. The molecule has 3 aromatic rings. The minimum Gasteiger partial charge on any atom is -0.478 e. The molecule has 1 heterocycles. The Morgan fingerprint density at radius 3 is 2.71 bits per heavy atom. The third-order valence-corrected chi connectivity index (χ3v) is 3.88. The lowest BCUT2D eigenvalue weighted by atomic mass is 10.1. The maximum absolute atomic E-state index is 10.9. The Hall–Kier alpha value is -2.33. The summed E-state index contributed by atoms with van der Waals surface area (Å²) < 4.78 is 2.02. The van der Waals surface area contributed by atoms with E-state index in [4.69, 9.17) is 16.7 Å². The van der Waals surface area contributed by atoms with E-state index >= 15 is 0 Å². The number of aromatic nitrogens is 2. The van der Waals surface area contributed by atoms with Crippen LogP contribution in [0.15, 0.2) is 42.5 Å². The number of nitrogens with zero attached hydrogens (tertiary/aromatic N) is 2. The van der Waals surface area contributed by atoms with Gasteiger partial charge in [0.1, 0.15) is 5.82 Å². The largest absolute Gasteiger partial charge is 0.478 e. The van der Waals surface area contributed by atoms with Crippen molar-refractivity contribution in [1.29, 1.82) is 0 Å². The van der Waals surface area contributed by atoms with Gasteiger partial charge in [-0.1, -0.05) is 29.8 Å². The summed E-state index contributed by atoms with van der Waals surface area (Å²) in [6.45, 7) is 0. The first kappa shape index (κ1) is 13.6. The van der Waals surface area contributed by atoms with Crippen molar-refractivity contribution in [3.63, 3.8) is 0 Å². The van der Waals surface area contributed by atoms with Gasteiger partial charge in [0.2, 0.25) is 0 Å². The van der Waals surface area contributed by atoms with E-state index in [-0.39, 0.29) is 5.56 Å². The fourth-order valence-electron chi connectivity index (χ4n) is 2.35. The SMILES string of the molecule is Cn1c(Cc2ccc(C(=O)O)cc2Cl)nc2ccccc21. The van der Waals surface area contributed by atoms with Crippen LogP contribution in [0.5, 0.6) is 0 Å². The molecule has 3 rings (SSSR count). The molecule has 0 spiro atoms. The molecule has 4 nitrogen and oxygen atoms in total. The number of carbonyl (C=O) groups is 1. The van der Waals surface area contributed by atoms with Gasteiger partial charge in [-0.05, 0) is 29.8 Å². The van der Waals surface area contributed by atoms with Crippen LogP contribution in [0.1, 0.15) is 21.7 Å². The molecule has 106 valence electrons. The van der Waals surface area contributed by atoms with Crippen LogP contribution in [0.4, 0.5) is 0 Å². The van der Waals surface area contributed by atoms with Crippen LogP contribution in [0, 0.1) is 0 Å². The minimum absolute atomic E-state index is 0.189. The van der Waals surface area contributed by atoms with E-state index in [0.29, 0.717) is 11.4 Å². The maximum Gasteiger partial charge on any atom is 0.335 e. The van der Waals surface area contributed by atoms with Crippen molar-refractivity contribution >= 4 is 28.6 Å². The highest BCUT2D eigenvalue weighted by Gasteiger charge is 2.11. The van der Waals surface area contributed by atoms with Crippen LogP contribution in [0.2, 0.25) is 5.02 Å². The zero-order valence-corrected chi connectivity index (χ0v) is 12.1. The molecule has 0 aliphatic heterocycles. The molecule has 0 unspecified atom stereocenters. The number of carboxylic acid groups (broad SMARTS) is 1. The minimum atomic E-state index is -0.980. The molecule has 5 heteroatoms. The smallest absolute Gasteiger partial charge is 0.335 e. The topological polar surface area (TPSA) is 55.1 Å². The van der Waals surface area contributed by atoms with E-state index in [1.807, 2.05) is 35.9 Å².